The fourth-order valence-electron chi connectivity index (χ4n) is 5.65. The summed E-state index contributed by atoms with van der Waals surface area (Å²) in [6.07, 6.45) is 21.6. The Morgan fingerprint density at radius 2 is 1.73 bits per heavy atom. The van der Waals surface area contributed by atoms with Gasteiger partial charge < -0.3 is 18.9 Å². The number of hydrogen-bond acceptors (Lipinski definition) is 6. The molecule has 7 unspecified atom stereocenters. The number of cyclic esters (lactones) is 1. The van der Waals surface area contributed by atoms with E-state index < -0.39 is 0 Å². The largest absolute Gasteiger partial charge is 0.462 e. The van der Waals surface area contributed by atoms with Gasteiger partial charge in [0.1, 0.15) is 12.2 Å². The van der Waals surface area contributed by atoms with Crippen molar-refractivity contribution in [3.05, 3.63) is 36.5 Å². The molecule has 0 spiro atoms. The average Bonchev–Trinajstić information content (AvgIpc) is 2.83. The third-order valence-corrected chi connectivity index (χ3v) is 7.56. The third kappa shape index (κ3) is 10.8. The van der Waals surface area contributed by atoms with E-state index in [2.05, 4.69) is 39.0 Å². The molecule has 6 nitrogen and oxygen atoms in total. The second kappa shape index (κ2) is 15.5. The summed E-state index contributed by atoms with van der Waals surface area (Å²) < 4.78 is 24.4. The van der Waals surface area contributed by atoms with Crippen LogP contribution in [-0.4, -0.2) is 48.6 Å². The highest BCUT2D eigenvalue weighted by atomic mass is 16.6. The number of carbonyl (C=O) groups is 2. The second-order valence-corrected chi connectivity index (χ2v) is 11.2. The SMILES string of the molecule is CCCC/C=C\C=C\C1OC(=O)CC2CC(OC(C)=O)CC(CC3CCCC(C[C@@H](C)/C=C/C1C)O3)O2. The van der Waals surface area contributed by atoms with Gasteiger partial charge in [-0.25, -0.2) is 0 Å². The van der Waals surface area contributed by atoms with Crippen molar-refractivity contribution in [1.82, 2.24) is 0 Å². The minimum Gasteiger partial charge on any atom is -0.462 e. The quantitative estimate of drug-likeness (QED) is 0.171. The molecule has 0 N–H and O–H groups in total. The van der Waals surface area contributed by atoms with Crippen molar-refractivity contribution < 1.29 is 28.5 Å². The fourth-order valence-corrected chi connectivity index (χ4v) is 5.65. The van der Waals surface area contributed by atoms with Crippen LogP contribution in [0.5, 0.6) is 0 Å². The minimum atomic E-state index is -0.362. The molecule has 2 fully saturated rings. The molecule has 2 saturated heterocycles. The van der Waals surface area contributed by atoms with Crippen molar-refractivity contribution in [3.63, 3.8) is 0 Å². The van der Waals surface area contributed by atoms with E-state index in [1.807, 2.05) is 18.2 Å². The predicted molar refractivity (Wildman–Crippen MR) is 145 cm³/mol. The summed E-state index contributed by atoms with van der Waals surface area (Å²) in [5.41, 5.74) is 0. The Labute approximate surface area is 223 Å². The zero-order valence-electron chi connectivity index (χ0n) is 23.3. The Bertz CT molecular complexity index is 802. The first-order chi connectivity index (χ1) is 17.8. The van der Waals surface area contributed by atoms with Crippen LogP contribution in [0.3, 0.4) is 0 Å². The predicted octanol–water partition coefficient (Wildman–Crippen LogP) is 6.63. The van der Waals surface area contributed by atoms with Crippen LogP contribution in [0.4, 0.5) is 0 Å². The van der Waals surface area contributed by atoms with Crippen molar-refractivity contribution in [2.24, 2.45) is 11.8 Å². The van der Waals surface area contributed by atoms with Gasteiger partial charge in [-0.1, -0.05) is 64.0 Å². The van der Waals surface area contributed by atoms with Crippen molar-refractivity contribution in [1.29, 1.82) is 0 Å². The van der Waals surface area contributed by atoms with Crippen LogP contribution in [0.1, 0.15) is 98.3 Å². The normalized spacial score (nSPS) is 36.8. The summed E-state index contributed by atoms with van der Waals surface area (Å²) in [6.45, 7) is 7.94. The molecule has 0 aromatic heterocycles. The van der Waals surface area contributed by atoms with Crippen molar-refractivity contribution >= 4 is 11.9 Å². The molecule has 3 aliphatic heterocycles. The Hall–Kier alpha value is -1.92. The monoisotopic (exact) mass is 516 g/mol. The number of unbranched alkanes of at least 4 members (excludes halogenated alkanes) is 2. The van der Waals surface area contributed by atoms with Gasteiger partial charge in [0.25, 0.3) is 0 Å². The zero-order chi connectivity index (χ0) is 26.6. The smallest absolute Gasteiger partial charge is 0.309 e. The lowest BCUT2D eigenvalue weighted by Gasteiger charge is -2.38. The number of esters is 2. The van der Waals surface area contributed by atoms with Gasteiger partial charge in [0.2, 0.25) is 0 Å². The van der Waals surface area contributed by atoms with Crippen LogP contribution >= 0.6 is 0 Å². The molecule has 0 aromatic carbocycles. The van der Waals surface area contributed by atoms with E-state index in [9.17, 15) is 9.59 Å². The van der Waals surface area contributed by atoms with Crippen LogP contribution in [0.2, 0.25) is 0 Å². The third-order valence-electron chi connectivity index (χ3n) is 7.56. The second-order valence-electron chi connectivity index (χ2n) is 11.2. The molecule has 37 heavy (non-hydrogen) atoms. The number of rotatable bonds is 6. The standard InChI is InChI=1S/C31H48O6/c1-5-6-7-8-9-10-14-30-23(3)16-15-22(2)17-25-12-11-13-26(35-25)18-28-19-27(34-24(4)32)20-29(36-28)21-31(33)37-30/h8-10,14-16,22-23,25-30H,5-7,11-13,17-21H2,1-4H3/b9-8-,14-10+,16-15+/t22-,23?,25?,26?,27?,28?,29?,30?/m0/s1. The summed E-state index contributed by atoms with van der Waals surface area (Å²) in [5.74, 6) is -0.174. The molecular weight excluding hydrogens is 468 g/mol. The van der Waals surface area contributed by atoms with Gasteiger partial charge in [0, 0.05) is 25.7 Å². The lowest BCUT2D eigenvalue weighted by Crippen LogP contribution is -2.42. The first kappa shape index (κ1) is 29.6. The highest BCUT2D eigenvalue weighted by Crippen LogP contribution is 2.32. The molecule has 208 valence electrons. The van der Waals surface area contributed by atoms with Gasteiger partial charge in [0.05, 0.1) is 30.8 Å². The Balaban J connectivity index is 1.77. The van der Waals surface area contributed by atoms with E-state index >= 15 is 0 Å². The molecule has 0 aromatic rings. The summed E-state index contributed by atoms with van der Waals surface area (Å²) in [4.78, 5) is 24.8. The van der Waals surface area contributed by atoms with Gasteiger partial charge in [0.15, 0.2) is 0 Å². The highest BCUT2D eigenvalue weighted by Gasteiger charge is 2.36. The molecule has 3 aliphatic rings. The molecule has 0 aliphatic carbocycles. The fraction of sp³-hybridized carbons (Fsp3) is 0.742. The molecular formula is C31H48O6. The number of carbonyl (C=O) groups excluding carboxylic acids is 2. The number of hydrogen-bond donors (Lipinski definition) is 0. The topological polar surface area (TPSA) is 71.1 Å². The van der Waals surface area contributed by atoms with Gasteiger partial charge in [-0.05, 0) is 50.5 Å². The minimum absolute atomic E-state index is 0.0356. The Kier molecular flexibility index (Phi) is 12.4. The van der Waals surface area contributed by atoms with Crippen molar-refractivity contribution in [2.75, 3.05) is 0 Å². The van der Waals surface area contributed by atoms with E-state index in [1.165, 1.54) is 19.8 Å². The van der Waals surface area contributed by atoms with Crippen LogP contribution in [-0.2, 0) is 28.5 Å². The summed E-state index contributed by atoms with van der Waals surface area (Å²) in [5, 5.41) is 0. The van der Waals surface area contributed by atoms with Crippen LogP contribution in [0.15, 0.2) is 36.5 Å². The van der Waals surface area contributed by atoms with Gasteiger partial charge in [-0.3, -0.25) is 9.59 Å². The number of allylic oxidation sites excluding steroid dienone is 4. The molecule has 0 amide bonds. The van der Waals surface area contributed by atoms with E-state index in [0.29, 0.717) is 18.8 Å². The number of fused-ring (bicyclic) bond motifs is 4. The van der Waals surface area contributed by atoms with Crippen LogP contribution in [0.25, 0.3) is 0 Å². The summed E-state index contributed by atoms with van der Waals surface area (Å²) >= 11 is 0. The molecule has 3 rings (SSSR count). The molecule has 8 atom stereocenters. The summed E-state index contributed by atoms with van der Waals surface area (Å²) in [7, 11) is 0. The molecule has 3 heterocycles. The van der Waals surface area contributed by atoms with Crippen molar-refractivity contribution in [2.45, 2.75) is 135 Å². The first-order valence-electron chi connectivity index (χ1n) is 14.5. The lowest BCUT2D eigenvalue weighted by atomic mass is 9.90. The highest BCUT2D eigenvalue weighted by molar-refractivity contribution is 5.70. The molecule has 0 radical (unpaired) electrons. The maximum Gasteiger partial charge on any atom is 0.309 e. The van der Waals surface area contributed by atoms with E-state index in [0.717, 1.165) is 38.5 Å². The molecule has 4 bridgehead atoms. The van der Waals surface area contributed by atoms with E-state index in [-0.39, 0.29) is 60.9 Å². The summed E-state index contributed by atoms with van der Waals surface area (Å²) in [6, 6.07) is 0. The average molecular weight is 517 g/mol. The molecule has 0 saturated carbocycles. The first-order valence-corrected chi connectivity index (χ1v) is 14.5. The van der Waals surface area contributed by atoms with Crippen LogP contribution in [0, 0.1) is 11.8 Å². The maximum atomic E-state index is 13.1. The number of ether oxygens (including phenoxy) is 4. The van der Waals surface area contributed by atoms with Crippen molar-refractivity contribution in [3.8, 4) is 0 Å². The van der Waals surface area contributed by atoms with Gasteiger partial charge in [-0.2, -0.15) is 0 Å². The maximum absolute atomic E-state index is 13.1. The Morgan fingerprint density at radius 1 is 1.00 bits per heavy atom. The zero-order valence-corrected chi connectivity index (χ0v) is 23.3. The Morgan fingerprint density at radius 3 is 2.49 bits per heavy atom. The van der Waals surface area contributed by atoms with Gasteiger partial charge >= 0.3 is 11.9 Å². The van der Waals surface area contributed by atoms with E-state index in [1.54, 1.807) is 0 Å². The lowest BCUT2D eigenvalue weighted by molar-refractivity contribution is -0.170. The molecule has 6 heteroatoms. The van der Waals surface area contributed by atoms with Crippen LogP contribution < -0.4 is 0 Å². The van der Waals surface area contributed by atoms with E-state index in [4.69, 9.17) is 18.9 Å². The van der Waals surface area contributed by atoms with Gasteiger partial charge in [-0.15, -0.1) is 0 Å².